The van der Waals surface area contributed by atoms with Gasteiger partial charge >= 0.3 is 11.9 Å². The Hall–Kier alpha value is -1.06. The second-order valence-electron chi connectivity index (χ2n) is 6.50. The monoisotopic (exact) mass is 378 g/mol. The van der Waals surface area contributed by atoms with Gasteiger partial charge in [0.15, 0.2) is 0 Å². The van der Waals surface area contributed by atoms with Gasteiger partial charge < -0.3 is 9.47 Å². The quantitative estimate of drug-likeness (QED) is 0.402. The molecule has 0 aromatic carbocycles. The molecule has 0 saturated heterocycles. The number of carbonyl (C=O) groups is 2. The normalized spacial score (nSPS) is 41.5. The average molecular weight is 379 g/mol. The van der Waals surface area contributed by atoms with Gasteiger partial charge in [-0.3, -0.25) is 9.59 Å². The number of unbranched alkanes of at least 4 members (excludes halogenated alkanes) is 2. The predicted molar refractivity (Wildman–Crippen MR) is 105 cm³/mol. The van der Waals surface area contributed by atoms with Crippen molar-refractivity contribution in [1.29, 1.82) is 0 Å². The van der Waals surface area contributed by atoms with Gasteiger partial charge in [0, 0.05) is 11.0 Å². The van der Waals surface area contributed by atoms with Crippen LogP contribution >= 0.6 is 0 Å². The van der Waals surface area contributed by atoms with Crippen LogP contribution in [0.4, 0.5) is 0 Å². The highest BCUT2D eigenvalue weighted by Crippen LogP contribution is 2.27. The lowest BCUT2D eigenvalue weighted by molar-refractivity contribution is -0.177. The lowest BCUT2D eigenvalue weighted by atomic mass is 9.93. The van der Waals surface area contributed by atoms with Gasteiger partial charge in [-0.2, -0.15) is 0 Å². The van der Waals surface area contributed by atoms with Crippen LogP contribution in [-0.4, -0.2) is 24.1 Å². The molecule has 4 nitrogen and oxygen atoms in total. The van der Waals surface area contributed by atoms with Crippen molar-refractivity contribution in [2.24, 2.45) is 11.8 Å². The van der Waals surface area contributed by atoms with Crippen LogP contribution in [-0.2, 0) is 19.1 Å². The molecule has 4 heteroatoms. The van der Waals surface area contributed by atoms with Crippen LogP contribution in [0.25, 0.3) is 0 Å². The summed E-state index contributed by atoms with van der Waals surface area (Å²) in [6.45, 7) is 7.06. The molecule has 0 aliphatic heterocycles. The molecule has 1 aliphatic carbocycles. The summed E-state index contributed by atoms with van der Waals surface area (Å²) in [5.41, 5.74) is 0. The van der Waals surface area contributed by atoms with Crippen LogP contribution in [0.15, 0.2) is 0 Å². The van der Waals surface area contributed by atoms with E-state index in [1.807, 2.05) is 13.8 Å². The first-order chi connectivity index (χ1) is 16.3. The molecule has 0 radical (unpaired) electrons. The Labute approximate surface area is 174 Å². The summed E-state index contributed by atoms with van der Waals surface area (Å²) in [6.07, 6.45) is -19.0. The molecule has 152 valence electrons. The Balaban J connectivity index is 3.77. The summed E-state index contributed by atoms with van der Waals surface area (Å²) in [7, 11) is 0. The van der Waals surface area contributed by atoms with E-state index in [4.69, 9.17) is 23.2 Å². The van der Waals surface area contributed by atoms with E-state index in [1.54, 1.807) is 13.8 Å². The van der Waals surface area contributed by atoms with Gasteiger partial charge in [-0.25, -0.2) is 0 Å². The summed E-state index contributed by atoms with van der Waals surface area (Å²) >= 11 is 0. The fourth-order valence-electron chi connectivity index (χ4n) is 2.68. The molecular weight excluding hydrogens is 328 g/mol. The van der Waals surface area contributed by atoms with Crippen LogP contribution in [0.2, 0.25) is 0 Å². The number of ether oxygens (including phenoxy) is 2. The Morgan fingerprint density at radius 1 is 0.885 bits per heavy atom. The van der Waals surface area contributed by atoms with Gasteiger partial charge in [0.2, 0.25) is 0 Å². The predicted octanol–water partition coefficient (Wildman–Crippen LogP) is 5.82. The zero-order valence-corrected chi connectivity index (χ0v) is 16.4. The molecule has 2 unspecified atom stereocenters. The van der Waals surface area contributed by atoms with Crippen molar-refractivity contribution in [2.75, 3.05) is 0 Å². The fourth-order valence-corrected chi connectivity index (χ4v) is 2.68. The third kappa shape index (κ3) is 7.67. The van der Waals surface area contributed by atoms with Crippen molar-refractivity contribution in [3.63, 3.8) is 0 Å². The first-order valence-corrected chi connectivity index (χ1v) is 9.76. The molecule has 4 atom stereocenters. The minimum Gasteiger partial charge on any atom is -0.458 e. The second-order valence-corrected chi connectivity index (χ2v) is 6.50. The molecule has 0 spiro atoms. The molecule has 0 N–H and O–H groups in total. The maximum absolute atomic E-state index is 13.1. The zero-order chi connectivity index (χ0) is 28.4. The van der Waals surface area contributed by atoms with Gasteiger partial charge in [0.25, 0.3) is 0 Å². The third-order valence-corrected chi connectivity index (χ3v) is 4.49. The molecule has 1 fully saturated rings. The van der Waals surface area contributed by atoms with E-state index in [0.29, 0.717) is 25.7 Å². The third-order valence-electron chi connectivity index (χ3n) is 4.49. The van der Waals surface area contributed by atoms with Gasteiger partial charge in [0.05, 0.1) is 14.6 Å². The van der Waals surface area contributed by atoms with Gasteiger partial charge in [-0.1, -0.05) is 53.4 Å². The van der Waals surface area contributed by atoms with Crippen molar-refractivity contribution in [2.45, 2.75) is 117 Å². The van der Waals surface area contributed by atoms with Crippen LogP contribution in [0, 0.1) is 11.8 Å². The van der Waals surface area contributed by atoms with E-state index < -0.39 is 61.4 Å². The second kappa shape index (κ2) is 13.2. The molecule has 1 aliphatic rings. The van der Waals surface area contributed by atoms with E-state index in [2.05, 4.69) is 0 Å². The minimum absolute atomic E-state index is 0.220. The number of hydrogen-bond acceptors (Lipinski definition) is 4. The van der Waals surface area contributed by atoms with E-state index in [9.17, 15) is 9.59 Å². The lowest BCUT2D eigenvalue weighted by Crippen LogP contribution is -2.40. The standard InChI is InChI=1S/C22H40O4/c1-5-9-13-17(7-3)21(23)25-19-15-11-12-16-20(19)26-22(24)18(8-4)14-10-6-2/h17-20H,5-16H2,1-4H3/t17?,18?,19-,20-/m0/s1/i11D2,12D2,15D2,16D2,19D,20D. The highest BCUT2D eigenvalue weighted by atomic mass is 16.6. The highest BCUT2D eigenvalue weighted by Gasteiger charge is 2.34. The maximum Gasteiger partial charge on any atom is 0.309 e. The van der Waals surface area contributed by atoms with Crippen molar-refractivity contribution >= 4 is 11.9 Å². The summed E-state index contributed by atoms with van der Waals surface area (Å²) < 4.78 is 94.3. The lowest BCUT2D eigenvalue weighted by Gasteiger charge is -2.32. The van der Waals surface area contributed by atoms with Gasteiger partial charge in [-0.15, -0.1) is 0 Å². The summed E-state index contributed by atoms with van der Waals surface area (Å²) in [6, 6.07) is 0. The number of rotatable bonds is 12. The van der Waals surface area contributed by atoms with Crippen LogP contribution in [0.1, 0.15) is 118 Å². The zero-order valence-electron chi connectivity index (χ0n) is 26.4. The van der Waals surface area contributed by atoms with Crippen molar-refractivity contribution in [3.05, 3.63) is 0 Å². The number of carbonyl (C=O) groups excluding carboxylic acids is 2. The molecule has 0 aromatic heterocycles. The largest absolute Gasteiger partial charge is 0.458 e. The highest BCUT2D eigenvalue weighted by molar-refractivity contribution is 5.73. The molecule has 0 amide bonds. The van der Waals surface area contributed by atoms with Crippen LogP contribution in [0.5, 0.6) is 0 Å². The van der Waals surface area contributed by atoms with E-state index in [0.717, 1.165) is 12.8 Å². The Morgan fingerprint density at radius 3 is 1.58 bits per heavy atom. The molecule has 0 heterocycles. The van der Waals surface area contributed by atoms with Crippen molar-refractivity contribution in [3.8, 4) is 0 Å². The van der Waals surface area contributed by atoms with E-state index in [-0.39, 0.29) is 12.8 Å². The van der Waals surface area contributed by atoms with Crippen LogP contribution < -0.4 is 0 Å². The number of esters is 2. The van der Waals surface area contributed by atoms with Crippen LogP contribution in [0.3, 0.4) is 0 Å². The minimum atomic E-state index is -3.79. The Kier molecular flexibility index (Phi) is 5.93. The first kappa shape index (κ1) is 11.7. The van der Waals surface area contributed by atoms with E-state index >= 15 is 0 Å². The molecule has 26 heavy (non-hydrogen) atoms. The first-order valence-electron chi connectivity index (χ1n) is 14.8. The maximum atomic E-state index is 13.1. The molecule has 1 rings (SSSR count). The van der Waals surface area contributed by atoms with E-state index in [1.165, 1.54) is 0 Å². The molecule has 0 bridgehead atoms. The van der Waals surface area contributed by atoms with Crippen molar-refractivity contribution < 1.29 is 32.8 Å². The molecule has 1 saturated carbocycles. The fraction of sp³-hybridized carbons (Fsp3) is 0.909. The topological polar surface area (TPSA) is 52.6 Å². The summed E-state index contributed by atoms with van der Waals surface area (Å²) in [4.78, 5) is 26.1. The molecular formula is C22H40O4. The summed E-state index contributed by atoms with van der Waals surface area (Å²) in [5, 5.41) is 0. The Morgan fingerprint density at radius 2 is 1.27 bits per heavy atom. The number of hydrogen-bond donors (Lipinski definition) is 0. The smallest absolute Gasteiger partial charge is 0.309 e. The SMILES string of the molecule is [2H]C1([2H])C([2H])([2H])C([2H])([2H])[C@]([2H])(OC(=O)C(CC)CCCC)[C@@]([2H])(OC(=O)C(CC)CCCC)C1([2H])[2H]. The summed E-state index contributed by atoms with van der Waals surface area (Å²) in [5.74, 6) is -4.04. The molecule has 0 aromatic rings. The Bertz CT molecular complexity index is 727. The average Bonchev–Trinajstić information content (AvgIpc) is 2.78. The van der Waals surface area contributed by atoms with Gasteiger partial charge in [0.1, 0.15) is 12.2 Å². The van der Waals surface area contributed by atoms with Crippen molar-refractivity contribution in [1.82, 2.24) is 0 Å². The van der Waals surface area contributed by atoms with Gasteiger partial charge in [-0.05, 0) is 51.2 Å².